The van der Waals surface area contributed by atoms with Crippen molar-refractivity contribution in [3.05, 3.63) is 29.3 Å². The zero-order valence-electron chi connectivity index (χ0n) is 12.0. The smallest absolute Gasteiger partial charge is 0.254 e. The number of carbonyl (C=O) groups excluding carboxylic acids is 1. The molecule has 8 heteroatoms. The van der Waals surface area contributed by atoms with Crippen LogP contribution in [0, 0.1) is 6.92 Å². The monoisotopic (exact) mass is 333 g/mol. The van der Waals surface area contributed by atoms with Gasteiger partial charge in [-0.2, -0.15) is 0 Å². The number of rotatable bonds is 3. The predicted molar refractivity (Wildman–Crippen MR) is 85.7 cm³/mol. The van der Waals surface area contributed by atoms with E-state index in [9.17, 15) is 13.2 Å². The number of anilines is 1. The Balaban J connectivity index is 0.00000220. The summed E-state index contributed by atoms with van der Waals surface area (Å²) in [7, 11) is -3.35. The summed E-state index contributed by atoms with van der Waals surface area (Å²) in [5.41, 5.74) is 1.74. The van der Waals surface area contributed by atoms with Crippen molar-refractivity contribution in [3.63, 3.8) is 0 Å². The number of halogens is 1. The maximum absolute atomic E-state index is 12.3. The Morgan fingerprint density at radius 3 is 2.48 bits per heavy atom. The summed E-state index contributed by atoms with van der Waals surface area (Å²) in [6.45, 7) is 4.70. The molecule has 1 aliphatic heterocycles. The van der Waals surface area contributed by atoms with Gasteiger partial charge in [0.25, 0.3) is 5.91 Å². The van der Waals surface area contributed by atoms with Crippen LogP contribution in [0.3, 0.4) is 0 Å². The third-order valence-corrected chi connectivity index (χ3v) is 3.77. The minimum atomic E-state index is -3.35. The van der Waals surface area contributed by atoms with Crippen molar-refractivity contribution in [2.45, 2.75) is 6.92 Å². The van der Waals surface area contributed by atoms with Crippen LogP contribution in [0.25, 0.3) is 0 Å². The number of hydrogen-bond acceptors (Lipinski definition) is 4. The van der Waals surface area contributed by atoms with E-state index in [-0.39, 0.29) is 18.3 Å². The second-order valence-electron chi connectivity index (χ2n) is 4.95. The van der Waals surface area contributed by atoms with Crippen molar-refractivity contribution in [1.29, 1.82) is 0 Å². The molecule has 21 heavy (non-hydrogen) atoms. The molecule has 0 saturated carbocycles. The highest BCUT2D eigenvalue weighted by Gasteiger charge is 2.19. The molecule has 1 saturated heterocycles. The van der Waals surface area contributed by atoms with Crippen molar-refractivity contribution in [1.82, 2.24) is 10.2 Å². The Morgan fingerprint density at radius 2 is 1.90 bits per heavy atom. The normalized spacial score (nSPS) is 15.2. The van der Waals surface area contributed by atoms with E-state index in [0.29, 0.717) is 24.3 Å². The molecule has 1 amide bonds. The lowest BCUT2D eigenvalue weighted by atomic mass is 10.1. The molecule has 0 spiro atoms. The summed E-state index contributed by atoms with van der Waals surface area (Å²) in [4.78, 5) is 14.1. The van der Waals surface area contributed by atoms with Crippen molar-refractivity contribution in [3.8, 4) is 0 Å². The Labute approximate surface area is 131 Å². The summed E-state index contributed by atoms with van der Waals surface area (Å²) in [6.07, 6.45) is 1.09. The van der Waals surface area contributed by atoms with Crippen LogP contribution in [0.2, 0.25) is 0 Å². The number of sulfonamides is 1. The Hall–Kier alpha value is -1.31. The van der Waals surface area contributed by atoms with Crippen LogP contribution >= 0.6 is 12.4 Å². The summed E-state index contributed by atoms with van der Waals surface area (Å²) in [5.74, 6) is -0.0666. The molecule has 0 aromatic heterocycles. The first-order valence-electron chi connectivity index (χ1n) is 6.45. The second-order valence-corrected chi connectivity index (χ2v) is 6.69. The van der Waals surface area contributed by atoms with E-state index < -0.39 is 10.0 Å². The number of carbonyl (C=O) groups is 1. The van der Waals surface area contributed by atoms with Crippen molar-refractivity contribution in [2.75, 3.05) is 37.2 Å². The molecule has 1 fully saturated rings. The van der Waals surface area contributed by atoms with E-state index in [1.54, 1.807) is 30.0 Å². The number of amides is 1. The maximum Gasteiger partial charge on any atom is 0.254 e. The van der Waals surface area contributed by atoms with Crippen LogP contribution < -0.4 is 10.0 Å². The molecule has 0 bridgehead atoms. The first-order chi connectivity index (χ1) is 9.37. The summed E-state index contributed by atoms with van der Waals surface area (Å²) in [5, 5.41) is 3.19. The number of hydrogen-bond donors (Lipinski definition) is 2. The molecule has 1 heterocycles. The van der Waals surface area contributed by atoms with Crippen molar-refractivity contribution < 1.29 is 13.2 Å². The molecule has 118 valence electrons. The van der Waals surface area contributed by atoms with E-state index in [2.05, 4.69) is 10.0 Å². The molecule has 6 nitrogen and oxygen atoms in total. The van der Waals surface area contributed by atoms with Gasteiger partial charge >= 0.3 is 0 Å². The summed E-state index contributed by atoms with van der Waals surface area (Å²) < 4.78 is 25.1. The lowest BCUT2D eigenvalue weighted by Gasteiger charge is -2.27. The molecule has 1 aromatic rings. The van der Waals surface area contributed by atoms with Crippen molar-refractivity contribution >= 4 is 34.0 Å². The largest absolute Gasteiger partial charge is 0.336 e. The van der Waals surface area contributed by atoms with Crippen LogP contribution in [0.4, 0.5) is 5.69 Å². The number of nitrogens with zero attached hydrogens (tertiary/aromatic N) is 1. The third kappa shape index (κ3) is 4.87. The van der Waals surface area contributed by atoms with E-state index in [0.717, 1.165) is 24.9 Å². The fraction of sp³-hybridized carbons (Fsp3) is 0.462. The molecule has 0 unspecified atom stereocenters. The van der Waals surface area contributed by atoms with Gasteiger partial charge in [-0.3, -0.25) is 9.52 Å². The van der Waals surface area contributed by atoms with Crippen LogP contribution in [0.15, 0.2) is 18.2 Å². The molecule has 2 N–H and O–H groups in total. The zero-order valence-corrected chi connectivity index (χ0v) is 13.7. The van der Waals surface area contributed by atoms with Gasteiger partial charge in [-0.05, 0) is 24.6 Å². The van der Waals surface area contributed by atoms with E-state index in [1.165, 1.54) is 0 Å². The van der Waals surface area contributed by atoms with Gasteiger partial charge in [-0.1, -0.05) is 6.07 Å². The molecule has 0 radical (unpaired) electrons. The molecular formula is C13H20ClN3O3S. The standard InChI is InChI=1S/C13H19N3O3S.ClH/c1-10-3-4-11(9-12(10)15-20(2,18)19)13(17)16-7-5-14-6-8-16;/h3-4,9,14-15H,5-8H2,1-2H3;1H. The minimum Gasteiger partial charge on any atom is -0.336 e. The van der Waals surface area contributed by atoms with Gasteiger partial charge < -0.3 is 10.2 Å². The maximum atomic E-state index is 12.3. The highest BCUT2D eigenvalue weighted by atomic mass is 35.5. The van der Waals surface area contributed by atoms with Gasteiger partial charge in [0.15, 0.2) is 0 Å². The zero-order chi connectivity index (χ0) is 14.8. The second kappa shape index (κ2) is 7.11. The fourth-order valence-corrected chi connectivity index (χ4v) is 2.73. The van der Waals surface area contributed by atoms with E-state index >= 15 is 0 Å². The number of piperazine rings is 1. The summed E-state index contributed by atoms with van der Waals surface area (Å²) >= 11 is 0. The first kappa shape index (κ1) is 17.7. The number of aryl methyl sites for hydroxylation is 1. The van der Waals surface area contributed by atoms with Crippen LogP contribution in [-0.2, 0) is 10.0 Å². The lowest BCUT2D eigenvalue weighted by Crippen LogP contribution is -2.46. The molecule has 0 aliphatic carbocycles. The predicted octanol–water partition coefficient (Wildman–Crippen LogP) is 0.834. The van der Waals surface area contributed by atoms with Gasteiger partial charge in [0.1, 0.15) is 0 Å². The first-order valence-corrected chi connectivity index (χ1v) is 8.34. The SMILES string of the molecule is Cc1ccc(C(=O)N2CCNCC2)cc1NS(C)(=O)=O.Cl. The van der Waals surface area contributed by atoms with E-state index in [1.807, 2.05) is 0 Å². The van der Waals surface area contributed by atoms with Gasteiger partial charge in [0, 0.05) is 31.7 Å². The number of nitrogens with one attached hydrogen (secondary N) is 2. The van der Waals surface area contributed by atoms with E-state index in [4.69, 9.17) is 0 Å². The van der Waals surface area contributed by atoms with Gasteiger partial charge in [0.2, 0.25) is 10.0 Å². The molecule has 1 aromatic carbocycles. The number of benzene rings is 1. The lowest BCUT2D eigenvalue weighted by molar-refractivity contribution is 0.0736. The highest BCUT2D eigenvalue weighted by Crippen LogP contribution is 2.19. The minimum absolute atomic E-state index is 0. The fourth-order valence-electron chi connectivity index (χ4n) is 2.12. The Bertz CT molecular complexity index is 613. The van der Waals surface area contributed by atoms with Crippen molar-refractivity contribution in [2.24, 2.45) is 0 Å². The third-order valence-electron chi connectivity index (χ3n) is 3.18. The average molecular weight is 334 g/mol. The average Bonchev–Trinajstić information content (AvgIpc) is 2.40. The molecular weight excluding hydrogens is 314 g/mol. The van der Waals surface area contributed by atoms with Crippen LogP contribution in [0.1, 0.15) is 15.9 Å². The molecule has 2 rings (SSSR count). The van der Waals surface area contributed by atoms with Gasteiger partial charge in [-0.15, -0.1) is 12.4 Å². The highest BCUT2D eigenvalue weighted by molar-refractivity contribution is 7.92. The topological polar surface area (TPSA) is 78.5 Å². The van der Waals surface area contributed by atoms with Gasteiger partial charge in [-0.25, -0.2) is 8.42 Å². The van der Waals surface area contributed by atoms with Crippen LogP contribution in [0.5, 0.6) is 0 Å². The molecule has 0 atom stereocenters. The van der Waals surface area contributed by atoms with Crippen LogP contribution in [-0.4, -0.2) is 51.7 Å². The Kier molecular flexibility index (Phi) is 6.00. The van der Waals surface area contributed by atoms with Gasteiger partial charge in [0.05, 0.1) is 11.9 Å². The Morgan fingerprint density at radius 1 is 1.29 bits per heavy atom. The quantitative estimate of drug-likeness (QED) is 0.859. The molecule has 1 aliphatic rings. The summed E-state index contributed by atoms with van der Waals surface area (Å²) in [6, 6.07) is 5.08.